The van der Waals surface area contributed by atoms with Crippen molar-refractivity contribution in [3.05, 3.63) is 71.9 Å². The van der Waals surface area contributed by atoms with Gasteiger partial charge in [0.15, 0.2) is 0 Å². The molecule has 0 radical (unpaired) electrons. The highest BCUT2D eigenvalue weighted by atomic mass is 14.7. The summed E-state index contributed by atoms with van der Waals surface area (Å²) in [6, 6.07) is 19.7. The highest BCUT2D eigenvalue weighted by Crippen LogP contribution is 2.29. The Labute approximate surface area is 133 Å². The average Bonchev–Trinajstić information content (AvgIpc) is 2.97. The summed E-state index contributed by atoms with van der Waals surface area (Å²) in [7, 11) is 0. The van der Waals surface area contributed by atoms with Crippen molar-refractivity contribution in [1.29, 1.82) is 0 Å². The van der Waals surface area contributed by atoms with Crippen molar-refractivity contribution in [3.63, 3.8) is 0 Å². The van der Waals surface area contributed by atoms with Crippen LogP contribution in [0.15, 0.2) is 60.8 Å². The first kappa shape index (κ1) is 14.6. The van der Waals surface area contributed by atoms with Crippen LogP contribution >= 0.6 is 0 Å². The van der Waals surface area contributed by atoms with E-state index in [1.165, 1.54) is 27.8 Å². The molecule has 0 atom stereocenters. The highest BCUT2D eigenvalue weighted by molar-refractivity contribution is 5.71. The molecule has 0 bridgehead atoms. The predicted octanol–water partition coefficient (Wildman–Crippen LogP) is 5.95. The van der Waals surface area contributed by atoms with E-state index >= 15 is 0 Å². The molecule has 1 aromatic heterocycles. The van der Waals surface area contributed by atoms with Crippen LogP contribution in [-0.4, -0.2) is 4.98 Å². The Morgan fingerprint density at radius 3 is 1.91 bits per heavy atom. The third kappa shape index (κ3) is 2.99. The van der Waals surface area contributed by atoms with E-state index in [0.717, 1.165) is 5.69 Å². The Hall–Kier alpha value is -2.28. The van der Waals surface area contributed by atoms with Gasteiger partial charge in [-0.1, -0.05) is 74.9 Å². The van der Waals surface area contributed by atoms with Gasteiger partial charge in [-0.05, 0) is 40.7 Å². The van der Waals surface area contributed by atoms with E-state index in [1.54, 1.807) is 0 Å². The maximum absolute atomic E-state index is 3.38. The number of aromatic amines is 1. The lowest BCUT2D eigenvalue weighted by atomic mass is 9.86. The van der Waals surface area contributed by atoms with E-state index in [0.29, 0.717) is 0 Å². The molecule has 22 heavy (non-hydrogen) atoms. The lowest BCUT2D eigenvalue weighted by Gasteiger charge is -2.19. The molecule has 112 valence electrons. The molecule has 1 heterocycles. The van der Waals surface area contributed by atoms with Gasteiger partial charge in [0.25, 0.3) is 0 Å². The van der Waals surface area contributed by atoms with Gasteiger partial charge in [0, 0.05) is 11.9 Å². The first-order chi connectivity index (χ1) is 10.4. The molecule has 0 aliphatic carbocycles. The average molecular weight is 289 g/mol. The van der Waals surface area contributed by atoms with Gasteiger partial charge in [-0.25, -0.2) is 0 Å². The molecule has 0 saturated carbocycles. The van der Waals surface area contributed by atoms with Crippen molar-refractivity contribution in [2.75, 3.05) is 0 Å². The van der Waals surface area contributed by atoms with Gasteiger partial charge in [-0.3, -0.25) is 0 Å². The lowest BCUT2D eigenvalue weighted by molar-refractivity contribution is 0.590. The molecule has 1 N–H and O–H groups in total. The van der Waals surface area contributed by atoms with Crippen molar-refractivity contribution in [2.45, 2.75) is 33.1 Å². The molecule has 2 aromatic carbocycles. The van der Waals surface area contributed by atoms with Crippen LogP contribution in [0.1, 0.15) is 31.9 Å². The van der Waals surface area contributed by atoms with E-state index < -0.39 is 0 Å². The lowest BCUT2D eigenvalue weighted by Crippen LogP contribution is -2.10. The van der Waals surface area contributed by atoms with Gasteiger partial charge in [0.1, 0.15) is 0 Å². The highest BCUT2D eigenvalue weighted by Gasteiger charge is 2.13. The Balaban J connectivity index is 1.89. The molecule has 1 nitrogen and oxygen atoms in total. The zero-order valence-corrected chi connectivity index (χ0v) is 13.8. The summed E-state index contributed by atoms with van der Waals surface area (Å²) < 4.78 is 0. The topological polar surface area (TPSA) is 15.8 Å². The van der Waals surface area contributed by atoms with E-state index in [2.05, 4.69) is 93.5 Å². The zero-order chi connectivity index (χ0) is 15.7. The first-order valence-electron chi connectivity index (χ1n) is 7.80. The summed E-state index contributed by atoms with van der Waals surface area (Å²) in [6.45, 7) is 8.84. The van der Waals surface area contributed by atoms with Gasteiger partial charge in [-0.2, -0.15) is 0 Å². The third-order valence-corrected chi connectivity index (χ3v) is 4.13. The predicted molar refractivity (Wildman–Crippen MR) is 95.1 cm³/mol. The fourth-order valence-corrected chi connectivity index (χ4v) is 2.62. The number of benzene rings is 2. The van der Waals surface area contributed by atoms with E-state index in [4.69, 9.17) is 0 Å². The van der Waals surface area contributed by atoms with Gasteiger partial charge < -0.3 is 4.98 Å². The summed E-state index contributed by atoms with van der Waals surface area (Å²) in [6.07, 6.45) is 2.08. The Bertz CT molecular complexity index is 753. The van der Waals surface area contributed by atoms with Crippen molar-refractivity contribution < 1.29 is 0 Å². The summed E-state index contributed by atoms with van der Waals surface area (Å²) in [5, 5.41) is 0. The molecule has 0 spiro atoms. The standard InChI is InChI=1S/C21H23N/c1-15-5-7-17(8-6-15)20-13-18(14-22-20)16-9-11-19(12-10-16)21(2,3)4/h5-14,22H,1-4H3. The van der Waals surface area contributed by atoms with Crippen molar-refractivity contribution in [1.82, 2.24) is 4.98 Å². The Morgan fingerprint density at radius 2 is 1.32 bits per heavy atom. The fraction of sp³-hybridized carbons (Fsp3) is 0.238. The van der Waals surface area contributed by atoms with Gasteiger partial charge in [-0.15, -0.1) is 0 Å². The van der Waals surface area contributed by atoms with Crippen LogP contribution in [0.25, 0.3) is 22.4 Å². The molecular formula is C21H23N. The monoisotopic (exact) mass is 289 g/mol. The molecule has 3 aromatic rings. The number of H-pyrrole nitrogens is 1. The van der Waals surface area contributed by atoms with Crippen LogP contribution in [-0.2, 0) is 5.41 Å². The summed E-state index contributed by atoms with van der Waals surface area (Å²) in [4.78, 5) is 3.38. The Kier molecular flexibility index (Phi) is 3.66. The number of aromatic nitrogens is 1. The van der Waals surface area contributed by atoms with Crippen LogP contribution in [0.3, 0.4) is 0 Å². The van der Waals surface area contributed by atoms with Crippen LogP contribution in [0.2, 0.25) is 0 Å². The minimum atomic E-state index is 0.198. The van der Waals surface area contributed by atoms with Gasteiger partial charge in [0.2, 0.25) is 0 Å². The van der Waals surface area contributed by atoms with Gasteiger partial charge in [0.05, 0.1) is 0 Å². The van der Waals surface area contributed by atoms with Crippen molar-refractivity contribution in [2.24, 2.45) is 0 Å². The molecule has 3 rings (SSSR count). The molecular weight excluding hydrogens is 266 g/mol. The second-order valence-electron chi connectivity index (χ2n) is 7.00. The van der Waals surface area contributed by atoms with E-state index in [1.807, 2.05) is 0 Å². The van der Waals surface area contributed by atoms with Crippen LogP contribution in [0.4, 0.5) is 0 Å². The molecule has 0 aliphatic rings. The maximum Gasteiger partial charge on any atom is 0.0460 e. The SMILES string of the molecule is Cc1ccc(-c2cc(-c3ccc(C(C)(C)C)cc3)c[nH]2)cc1. The minimum Gasteiger partial charge on any atom is -0.361 e. The summed E-state index contributed by atoms with van der Waals surface area (Å²) in [5.74, 6) is 0. The van der Waals surface area contributed by atoms with Crippen LogP contribution in [0, 0.1) is 6.92 Å². The summed E-state index contributed by atoms with van der Waals surface area (Å²) >= 11 is 0. The van der Waals surface area contributed by atoms with E-state index in [-0.39, 0.29) is 5.41 Å². The van der Waals surface area contributed by atoms with Crippen LogP contribution in [0.5, 0.6) is 0 Å². The molecule has 0 unspecified atom stereocenters. The largest absolute Gasteiger partial charge is 0.361 e. The fourth-order valence-electron chi connectivity index (χ4n) is 2.62. The quantitative estimate of drug-likeness (QED) is 0.599. The molecule has 0 saturated heterocycles. The molecule has 0 aliphatic heterocycles. The normalized spacial score (nSPS) is 11.6. The van der Waals surface area contributed by atoms with Crippen LogP contribution < -0.4 is 0 Å². The van der Waals surface area contributed by atoms with Gasteiger partial charge >= 0.3 is 0 Å². The number of hydrogen-bond acceptors (Lipinski definition) is 0. The number of rotatable bonds is 2. The zero-order valence-electron chi connectivity index (χ0n) is 13.8. The second kappa shape index (κ2) is 5.49. The maximum atomic E-state index is 3.38. The first-order valence-corrected chi connectivity index (χ1v) is 7.80. The number of aryl methyl sites for hydroxylation is 1. The minimum absolute atomic E-state index is 0.198. The second-order valence-corrected chi connectivity index (χ2v) is 7.00. The third-order valence-electron chi connectivity index (χ3n) is 4.13. The van der Waals surface area contributed by atoms with E-state index in [9.17, 15) is 0 Å². The number of hydrogen-bond donors (Lipinski definition) is 1. The summed E-state index contributed by atoms with van der Waals surface area (Å²) in [5.41, 5.74) is 7.72. The number of nitrogens with one attached hydrogen (secondary N) is 1. The molecule has 0 fully saturated rings. The smallest absolute Gasteiger partial charge is 0.0460 e. The van der Waals surface area contributed by atoms with Crippen molar-refractivity contribution >= 4 is 0 Å². The Morgan fingerprint density at radius 1 is 0.727 bits per heavy atom. The molecule has 0 amide bonds. The van der Waals surface area contributed by atoms with Crippen molar-refractivity contribution in [3.8, 4) is 22.4 Å². The molecule has 1 heteroatoms.